The molecular weight excluding hydrogens is 338 g/mol. The Balaban J connectivity index is 1.84. The Kier molecular flexibility index (Phi) is 6.13. The molecule has 0 radical (unpaired) electrons. The number of hydrogen-bond acceptors (Lipinski definition) is 5. The number of nitrogens with one attached hydrogen (secondary N) is 1. The molecule has 1 N–H and O–H groups in total. The van der Waals surface area contributed by atoms with E-state index in [0.717, 1.165) is 31.7 Å². The van der Waals surface area contributed by atoms with E-state index >= 15 is 0 Å². The van der Waals surface area contributed by atoms with E-state index in [-0.39, 0.29) is 0 Å². The van der Waals surface area contributed by atoms with Gasteiger partial charge in [0.15, 0.2) is 11.5 Å². The monoisotopic (exact) mass is 361 g/mol. The molecule has 5 nitrogen and oxygen atoms in total. The molecule has 0 amide bonds. The van der Waals surface area contributed by atoms with Crippen LogP contribution in [0.15, 0.2) is 36.7 Å². The van der Waals surface area contributed by atoms with Gasteiger partial charge in [-0.05, 0) is 36.2 Å². The number of halogens is 1. The summed E-state index contributed by atoms with van der Waals surface area (Å²) in [6.45, 7) is 6.17. The second kappa shape index (κ2) is 8.52. The number of pyridine rings is 1. The van der Waals surface area contributed by atoms with Crippen LogP contribution in [0.25, 0.3) is 0 Å². The first-order valence-electron chi connectivity index (χ1n) is 8.56. The summed E-state index contributed by atoms with van der Waals surface area (Å²) in [4.78, 5) is 6.71. The largest absolute Gasteiger partial charge is 0.491 e. The van der Waals surface area contributed by atoms with Crippen molar-refractivity contribution in [2.75, 3.05) is 33.4 Å². The normalized spacial score (nSPS) is 18.1. The molecule has 1 atom stereocenters. The fraction of sp³-hybridized carbons (Fsp3) is 0.421. The van der Waals surface area contributed by atoms with Crippen molar-refractivity contribution in [1.82, 2.24) is 15.2 Å². The van der Waals surface area contributed by atoms with Crippen molar-refractivity contribution in [2.24, 2.45) is 0 Å². The van der Waals surface area contributed by atoms with Crippen molar-refractivity contribution < 1.29 is 9.47 Å². The number of rotatable bonds is 6. The smallest absolute Gasteiger partial charge is 0.179 e. The number of aromatic nitrogens is 1. The molecule has 1 fully saturated rings. The molecule has 25 heavy (non-hydrogen) atoms. The summed E-state index contributed by atoms with van der Waals surface area (Å²) in [6, 6.07) is 8.39. The molecule has 1 aliphatic rings. The maximum atomic E-state index is 6.40. The average Bonchev–Trinajstić information content (AvgIpc) is 2.63. The van der Waals surface area contributed by atoms with E-state index in [9.17, 15) is 0 Å². The van der Waals surface area contributed by atoms with Gasteiger partial charge in [0.25, 0.3) is 0 Å². The molecule has 1 aromatic carbocycles. The average molecular weight is 362 g/mol. The van der Waals surface area contributed by atoms with Crippen LogP contribution in [-0.2, 0) is 6.54 Å². The summed E-state index contributed by atoms with van der Waals surface area (Å²) in [5.74, 6) is 1.29. The minimum Gasteiger partial charge on any atom is -0.491 e. The van der Waals surface area contributed by atoms with E-state index < -0.39 is 0 Å². The second-order valence-electron chi connectivity index (χ2n) is 6.02. The Labute approximate surface area is 153 Å². The summed E-state index contributed by atoms with van der Waals surface area (Å²) in [5.41, 5.74) is 2.34. The van der Waals surface area contributed by atoms with Crippen LogP contribution in [0.2, 0.25) is 5.02 Å². The van der Waals surface area contributed by atoms with E-state index in [1.807, 2.05) is 37.5 Å². The van der Waals surface area contributed by atoms with Crippen molar-refractivity contribution in [3.63, 3.8) is 0 Å². The number of methoxy groups -OCH3 is 1. The van der Waals surface area contributed by atoms with Crippen molar-refractivity contribution in [1.29, 1.82) is 0 Å². The topological polar surface area (TPSA) is 46.6 Å². The highest BCUT2D eigenvalue weighted by atomic mass is 35.5. The molecule has 134 valence electrons. The standard InChI is InChI=1S/C19H24ClN3O2/c1-3-25-18-10-14(9-16(20)19(18)24-2)13-23-8-7-22-12-17(23)15-5-4-6-21-11-15/h4-6,9-11,17,22H,3,7-8,12-13H2,1-2H3. The lowest BCUT2D eigenvalue weighted by Gasteiger charge is -2.36. The lowest BCUT2D eigenvalue weighted by atomic mass is 10.0. The van der Waals surface area contributed by atoms with Crippen LogP contribution in [0.3, 0.4) is 0 Å². The highest BCUT2D eigenvalue weighted by Crippen LogP contribution is 2.37. The fourth-order valence-electron chi connectivity index (χ4n) is 3.25. The van der Waals surface area contributed by atoms with Gasteiger partial charge < -0.3 is 14.8 Å². The number of benzene rings is 1. The minimum atomic E-state index is 0.291. The lowest BCUT2D eigenvalue weighted by molar-refractivity contribution is 0.153. The first-order chi connectivity index (χ1) is 12.2. The zero-order chi connectivity index (χ0) is 17.6. The van der Waals surface area contributed by atoms with Crippen LogP contribution >= 0.6 is 11.6 Å². The summed E-state index contributed by atoms with van der Waals surface area (Å²) >= 11 is 6.40. The molecule has 0 saturated carbocycles. The molecule has 1 saturated heterocycles. The van der Waals surface area contributed by atoms with Gasteiger partial charge in [0.05, 0.1) is 18.7 Å². The molecule has 2 aromatic rings. The maximum absolute atomic E-state index is 6.40. The van der Waals surface area contributed by atoms with Gasteiger partial charge in [-0.25, -0.2) is 0 Å². The van der Waals surface area contributed by atoms with Crippen molar-refractivity contribution >= 4 is 11.6 Å². The third-order valence-corrected chi connectivity index (χ3v) is 4.66. The van der Waals surface area contributed by atoms with Gasteiger partial charge in [-0.2, -0.15) is 0 Å². The molecule has 2 heterocycles. The van der Waals surface area contributed by atoms with Gasteiger partial charge in [-0.15, -0.1) is 0 Å². The number of ether oxygens (including phenoxy) is 2. The van der Waals surface area contributed by atoms with Crippen LogP contribution in [0.5, 0.6) is 11.5 Å². The van der Waals surface area contributed by atoms with Crippen molar-refractivity contribution in [2.45, 2.75) is 19.5 Å². The van der Waals surface area contributed by atoms with Crippen molar-refractivity contribution in [3.05, 3.63) is 52.8 Å². The van der Waals surface area contributed by atoms with Gasteiger partial charge in [-0.1, -0.05) is 17.7 Å². The molecular formula is C19H24ClN3O2. The zero-order valence-electron chi connectivity index (χ0n) is 14.7. The summed E-state index contributed by atoms with van der Waals surface area (Å²) < 4.78 is 11.1. The maximum Gasteiger partial charge on any atom is 0.179 e. The Morgan fingerprint density at radius 3 is 3.00 bits per heavy atom. The van der Waals surface area contributed by atoms with Crippen LogP contribution in [0.1, 0.15) is 24.1 Å². The van der Waals surface area contributed by atoms with E-state index in [0.29, 0.717) is 29.2 Å². The van der Waals surface area contributed by atoms with Gasteiger partial charge in [0.2, 0.25) is 0 Å². The highest BCUT2D eigenvalue weighted by molar-refractivity contribution is 6.32. The SMILES string of the molecule is CCOc1cc(CN2CCNCC2c2cccnc2)cc(Cl)c1OC. The van der Waals surface area contributed by atoms with E-state index in [4.69, 9.17) is 21.1 Å². The third kappa shape index (κ3) is 4.24. The molecule has 1 aliphatic heterocycles. The summed E-state index contributed by atoms with van der Waals surface area (Å²) in [5, 5.41) is 4.05. The summed E-state index contributed by atoms with van der Waals surface area (Å²) in [6.07, 6.45) is 3.75. The number of piperazine rings is 1. The van der Waals surface area contributed by atoms with Crippen LogP contribution in [-0.4, -0.2) is 43.2 Å². The summed E-state index contributed by atoms with van der Waals surface area (Å²) in [7, 11) is 1.61. The molecule has 0 bridgehead atoms. The van der Waals surface area contributed by atoms with Gasteiger partial charge in [-0.3, -0.25) is 9.88 Å². The number of hydrogen-bond donors (Lipinski definition) is 1. The first-order valence-corrected chi connectivity index (χ1v) is 8.94. The zero-order valence-corrected chi connectivity index (χ0v) is 15.4. The molecule has 3 rings (SSSR count). The molecule has 1 aromatic heterocycles. The van der Waals surface area contributed by atoms with Gasteiger partial charge in [0.1, 0.15) is 0 Å². The highest BCUT2D eigenvalue weighted by Gasteiger charge is 2.24. The van der Waals surface area contributed by atoms with Gasteiger partial charge in [0, 0.05) is 44.6 Å². The predicted octanol–water partition coefficient (Wildman–Crippen LogP) is 3.29. The Morgan fingerprint density at radius 2 is 2.28 bits per heavy atom. The molecule has 0 spiro atoms. The first kappa shape index (κ1) is 18.0. The fourth-order valence-corrected chi connectivity index (χ4v) is 3.56. The minimum absolute atomic E-state index is 0.291. The Hall–Kier alpha value is -1.82. The van der Waals surface area contributed by atoms with Gasteiger partial charge >= 0.3 is 0 Å². The van der Waals surface area contributed by atoms with E-state index in [2.05, 4.69) is 21.3 Å². The van der Waals surface area contributed by atoms with Crippen LogP contribution in [0.4, 0.5) is 0 Å². The Morgan fingerprint density at radius 1 is 1.40 bits per heavy atom. The third-order valence-electron chi connectivity index (χ3n) is 4.38. The van der Waals surface area contributed by atoms with Crippen LogP contribution < -0.4 is 14.8 Å². The quantitative estimate of drug-likeness (QED) is 0.855. The van der Waals surface area contributed by atoms with Crippen LogP contribution in [0, 0.1) is 0 Å². The lowest BCUT2D eigenvalue weighted by Crippen LogP contribution is -2.45. The molecule has 0 aliphatic carbocycles. The molecule has 1 unspecified atom stereocenters. The van der Waals surface area contributed by atoms with E-state index in [1.54, 1.807) is 7.11 Å². The number of nitrogens with zero attached hydrogens (tertiary/aromatic N) is 2. The predicted molar refractivity (Wildman–Crippen MR) is 99.4 cm³/mol. The Bertz CT molecular complexity index is 697. The van der Waals surface area contributed by atoms with E-state index in [1.165, 1.54) is 5.56 Å². The second-order valence-corrected chi connectivity index (χ2v) is 6.43. The molecule has 6 heteroatoms. The van der Waals surface area contributed by atoms with Crippen molar-refractivity contribution in [3.8, 4) is 11.5 Å².